The minimum atomic E-state index is -4.16. The summed E-state index contributed by atoms with van der Waals surface area (Å²) in [6.07, 6.45) is -2.17. The van der Waals surface area contributed by atoms with Crippen molar-refractivity contribution in [3.8, 4) is 0 Å². The number of nitrogens with two attached hydrogens (primary N) is 1. The lowest BCUT2D eigenvalue weighted by Gasteiger charge is -2.35. The van der Waals surface area contributed by atoms with Gasteiger partial charge in [-0.1, -0.05) is 0 Å². The van der Waals surface area contributed by atoms with Crippen LogP contribution in [0.1, 0.15) is 19.3 Å². The predicted octanol–water partition coefficient (Wildman–Crippen LogP) is 0.822. The van der Waals surface area contributed by atoms with Crippen molar-refractivity contribution < 1.29 is 18.0 Å². The van der Waals surface area contributed by atoms with Crippen LogP contribution in [0, 0.1) is 0 Å². The van der Waals surface area contributed by atoms with E-state index in [0.29, 0.717) is 39.1 Å². The van der Waals surface area contributed by atoms with Crippen LogP contribution < -0.4 is 5.73 Å². The number of hydrogen-bond donors (Lipinski definition) is 1. The number of rotatable bonds is 5. The number of carbonyl (C=O) groups excluding carboxylic acids is 1. The summed E-state index contributed by atoms with van der Waals surface area (Å²) >= 11 is 0. The fourth-order valence-electron chi connectivity index (χ4n) is 1.99. The third-order valence-electron chi connectivity index (χ3n) is 2.97. The molecule has 1 aliphatic heterocycles. The molecule has 2 N–H and O–H groups in total. The third kappa shape index (κ3) is 5.68. The molecule has 0 bridgehead atoms. The molecule has 0 aliphatic carbocycles. The maximum Gasteiger partial charge on any atom is 0.401 e. The number of alkyl halides is 3. The van der Waals surface area contributed by atoms with Crippen LogP contribution in [0.2, 0.25) is 0 Å². The first-order chi connectivity index (χ1) is 8.42. The standard InChI is InChI=1S/C11H20F3N3O/c12-11(13,14)9-16-5-7-17(8-6-16)10(18)3-1-2-4-15/h1-9,15H2. The molecule has 7 heteroatoms. The number of nitrogens with zero attached hydrogens (tertiary/aromatic N) is 2. The summed E-state index contributed by atoms with van der Waals surface area (Å²) < 4.78 is 36.5. The Hall–Kier alpha value is -0.820. The summed E-state index contributed by atoms with van der Waals surface area (Å²) in [5.74, 6) is 0.0232. The van der Waals surface area contributed by atoms with Gasteiger partial charge in [-0.3, -0.25) is 9.69 Å². The number of piperazine rings is 1. The van der Waals surface area contributed by atoms with E-state index in [-0.39, 0.29) is 5.91 Å². The Labute approximate surface area is 105 Å². The molecule has 0 spiro atoms. The number of carbonyl (C=O) groups is 1. The molecule has 0 aromatic heterocycles. The maximum absolute atomic E-state index is 12.2. The van der Waals surface area contributed by atoms with Crippen molar-refractivity contribution in [2.24, 2.45) is 5.73 Å². The van der Waals surface area contributed by atoms with E-state index in [9.17, 15) is 18.0 Å². The third-order valence-corrected chi connectivity index (χ3v) is 2.97. The predicted molar refractivity (Wildman–Crippen MR) is 62.0 cm³/mol. The van der Waals surface area contributed by atoms with Crippen LogP contribution in [-0.4, -0.2) is 61.2 Å². The minimum Gasteiger partial charge on any atom is -0.340 e. The Kier molecular flexibility index (Phi) is 5.87. The molecule has 1 saturated heterocycles. The molecule has 106 valence electrons. The molecule has 0 atom stereocenters. The normalized spacial score (nSPS) is 18.1. The Morgan fingerprint density at radius 2 is 1.72 bits per heavy atom. The first-order valence-electron chi connectivity index (χ1n) is 6.19. The van der Waals surface area contributed by atoms with E-state index in [1.807, 2.05) is 0 Å². The van der Waals surface area contributed by atoms with Gasteiger partial charge in [-0.15, -0.1) is 0 Å². The van der Waals surface area contributed by atoms with Gasteiger partial charge in [0.1, 0.15) is 0 Å². The monoisotopic (exact) mass is 267 g/mol. The molecule has 0 aromatic rings. The van der Waals surface area contributed by atoms with Gasteiger partial charge in [0.05, 0.1) is 6.54 Å². The number of hydrogen-bond acceptors (Lipinski definition) is 3. The second-order valence-corrected chi connectivity index (χ2v) is 4.52. The fourth-order valence-corrected chi connectivity index (χ4v) is 1.99. The molecule has 1 rings (SSSR count). The molecule has 0 saturated carbocycles. The second kappa shape index (κ2) is 6.94. The van der Waals surface area contributed by atoms with Crippen molar-refractivity contribution in [2.45, 2.75) is 25.4 Å². The average molecular weight is 267 g/mol. The van der Waals surface area contributed by atoms with Crippen LogP contribution in [-0.2, 0) is 4.79 Å². The van der Waals surface area contributed by atoms with E-state index in [0.717, 1.165) is 12.8 Å². The summed E-state index contributed by atoms with van der Waals surface area (Å²) in [5, 5.41) is 0. The highest BCUT2D eigenvalue weighted by atomic mass is 19.4. The molecule has 0 radical (unpaired) electrons. The van der Waals surface area contributed by atoms with Gasteiger partial charge in [-0.25, -0.2) is 0 Å². The molecule has 4 nitrogen and oxygen atoms in total. The van der Waals surface area contributed by atoms with Crippen molar-refractivity contribution in [3.63, 3.8) is 0 Å². The topological polar surface area (TPSA) is 49.6 Å². The van der Waals surface area contributed by atoms with E-state index in [2.05, 4.69) is 0 Å². The van der Waals surface area contributed by atoms with Crippen molar-refractivity contribution >= 4 is 5.91 Å². The number of unbranched alkanes of at least 4 members (excludes halogenated alkanes) is 1. The van der Waals surface area contributed by atoms with E-state index < -0.39 is 12.7 Å². The van der Waals surface area contributed by atoms with E-state index in [1.54, 1.807) is 4.90 Å². The van der Waals surface area contributed by atoms with Crippen LogP contribution >= 0.6 is 0 Å². The van der Waals surface area contributed by atoms with Crippen LogP contribution in [0.15, 0.2) is 0 Å². The molecule has 1 amide bonds. The molecule has 1 heterocycles. The van der Waals surface area contributed by atoms with Crippen molar-refractivity contribution in [3.05, 3.63) is 0 Å². The largest absolute Gasteiger partial charge is 0.401 e. The molecule has 18 heavy (non-hydrogen) atoms. The van der Waals surface area contributed by atoms with Crippen LogP contribution in [0.25, 0.3) is 0 Å². The van der Waals surface area contributed by atoms with E-state index in [4.69, 9.17) is 5.73 Å². The highest BCUT2D eigenvalue weighted by molar-refractivity contribution is 5.76. The lowest BCUT2D eigenvalue weighted by atomic mass is 10.2. The molecular weight excluding hydrogens is 247 g/mol. The van der Waals surface area contributed by atoms with Gasteiger partial charge < -0.3 is 10.6 Å². The van der Waals surface area contributed by atoms with Gasteiger partial charge in [-0.2, -0.15) is 13.2 Å². The summed E-state index contributed by atoms with van der Waals surface area (Å²) in [4.78, 5) is 14.7. The van der Waals surface area contributed by atoms with E-state index in [1.165, 1.54) is 4.90 Å². The Morgan fingerprint density at radius 3 is 2.22 bits per heavy atom. The molecule has 1 fully saturated rings. The SMILES string of the molecule is NCCCCC(=O)N1CCN(CC(F)(F)F)CC1. The van der Waals surface area contributed by atoms with Crippen molar-refractivity contribution in [1.29, 1.82) is 0 Å². The van der Waals surface area contributed by atoms with Crippen LogP contribution in [0.5, 0.6) is 0 Å². The zero-order chi connectivity index (χ0) is 13.6. The minimum absolute atomic E-state index is 0.0232. The average Bonchev–Trinajstić information content (AvgIpc) is 2.28. The van der Waals surface area contributed by atoms with Gasteiger partial charge >= 0.3 is 6.18 Å². The first-order valence-corrected chi connectivity index (χ1v) is 6.19. The van der Waals surface area contributed by atoms with E-state index >= 15 is 0 Å². The van der Waals surface area contributed by atoms with Crippen LogP contribution in [0.4, 0.5) is 13.2 Å². The molecule has 0 unspecified atom stereocenters. The van der Waals surface area contributed by atoms with Gasteiger partial charge in [-0.05, 0) is 19.4 Å². The summed E-state index contributed by atoms with van der Waals surface area (Å²) in [6.45, 7) is 1.04. The first kappa shape index (κ1) is 15.2. The van der Waals surface area contributed by atoms with Crippen molar-refractivity contribution in [1.82, 2.24) is 9.80 Å². The summed E-state index contributed by atoms with van der Waals surface area (Å²) in [7, 11) is 0. The fraction of sp³-hybridized carbons (Fsp3) is 0.909. The van der Waals surface area contributed by atoms with Crippen LogP contribution in [0.3, 0.4) is 0 Å². The highest BCUT2D eigenvalue weighted by Crippen LogP contribution is 2.17. The number of halogens is 3. The van der Waals surface area contributed by atoms with Gasteiger partial charge in [0, 0.05) is 32.6 Å². The molecular formula is C11H20F3N3O. The Bertz CT molecular complexity index is 263. The maximum atomic E-state index is 12.2. The van der Waals surface area contributed by atoms with Gasteiger partial charge in [0.2, 0.25) is 5.91 Å². The Balaban J connectivity index is 2.24. The zero-order valence-electron chi connectivity index (χ0n) is 10.4. The second-order valence-electron chi connectivity index (χ2n) is 4.52. The summed E-state index contributed by atoms with van der Waals surface area (Å²) in [6, 6.07) is 0. The zero-order valence-corrected chi connectivity index (χ0v) is 10.4. The van der Waals surface area contributed by atoms with Gasteiger partial charge in [0.25, 0.3) is 0 Å². The Morgan fingerprint density at radius 1 is 1.11 bits per heavy atom. The quantitative estimate of drug-likeness (QED) is 0.750. The van der Waals surface area contributed by atoms with Crippen molar-refractivity contribution in [2.75, 3.05) is 39.3 Å². The lowest BCUT2D eigenvalue weighted by Crippen LogP contribution is -2.50. The smallest absolute Gasteiger partial charge is 0.340 e. The molecule has 1 aliphatic rings. The highest BCUT2D eigenvalue weighted by Gasteiger charge is 2.32. The van der Waals surface area contributed by atoms with Gasteiger partial charge in [0.15, 0.2) is 0 Å². The lowest BCUT2D eigenvalue weighted by molar-refractivity contribution is -0.151. The number of amides is 1. The summed E-state index contributed by atoms with van der Waals surface area (Å²) in [5.41, 5.74) is 5.33. The molecule has 0 aromatic carbocycles.